The molecule has 1 aromatic heterocycles. The molecule has 0 N–H and O–H groups in total. The minimum absolute atomic E-state index is 0.0633. The molecule has 9 nitrogen and oxygen atoms in total. The van der Waals surface area contributed by atoms with Crippen molar-refractivity contribution in [2.75, 3.05) is 51.3 Å². The van der Waals surface area contributed by atoms with Crippen LogP contribution >= 0.6 is 0 Å². The molecule has 0 atom stereocenters. The number of carbonyl (C=O) groups excluding carboxylic acids is 2. The van der Waals surface area contributed by atoms with Gasteiger partial charge in [-0.15, -0.1) is 0 Å². The summed E-state index contributed by atoms with van der Waals surface area (Å²) in [5.41, 5.74) is 3.75. The Morgan fingerprint density at radius 1 is 1.00 bits per heavy atom. The Morgan fingerprint density at radius 3 is 2.47 bits per heavy atom. The number of fused-ring (bicyclic) bond motifs is 1. The van der Waals surface area contributed by atoms with Crippen LogP contribution in [0.1, 0.15) is 34.8 Å². The topological polar surface area (TPSA) is 88.1 Å². The van der Waals surface area contributed by atoms with E-state index in [1.54, 1.807) is 14.0 Å². The molecule has 0 radical (unpaired) electrons. The second kappa shape index (κ2) is 11.1. The van der Waals surface area contributed by atoms with Gasteiger partial charge in [-0.3, -0.25) is 9.59 Å². The quantitative estimate of drug-likeness (QED) is 0.514. The first-order valence-electron chi connectivity index (χ1n) is 13.0. The zero-order valence-corrected chi connectivity index (χ0v) is 22.1. The molecule has 38 heavy (non-hydrogen) atoms. The Kier molecular flexibility index (Phi) is 7.44. The number of piperazine rings is 1. The molecule has 0 bridgehead atoms. The summed E-state index contributed by atoms with van der Waals surface area (Å²) in [7, 11) is 1.64. The standard InChI is InChI=1S/C29H33N5O4/c1-20-9-4-6-11-23(20)26-25-27(31-29(30-26)33-16-14-32(15-17-33)21(2)35)38-18-8-13-34(28(25)36)19-22-10-5-7-12-24(22)37-3/h4-7,9-12H,8,13-19H2,1-3H3. The second-order valence-electron chi connectivity index (χ2n) is 9.60. The molecule has 198 valence electrons. The Balaban J connectivity index is 1.58. The first-order valence-corrected chi connectivity index (χ1v) is 13.0. The molecule has 0 aliphatic carbocycles. The van der Waals surface area contributed by atoms with E-state index in [1.165, 1.54) is 0 Å². The fraction of sp³-hybridized carbons (Fsp3) is 0.379. The molecule has 1 fully saturated rings. The molecule has 2 aromatic carbocycles. The van der Waals surface area contributed by atoms with Gasteiger partial charge in [0, 0.05) is 57.3 Å². The average molecular weight is 516 g/mol. The summed E-state index contributed by atoms with van der Waals surface area (Å²) in [5, 5.41) is 0. The number of amides is 2. The van der Waals surface area contributed by atoms with Gasteiger partial charge in [0.05, 0.1) is 19.4 Å². The lowest BCUT2D eigenvalue weighted by molar-refractivity contribution is -0.129. The molecule has 9 heteroatoms. The van der Waals surface area contributed by atoms with Crippen LogP contribution in [0, 0.1) is 6.92 Å². The lowest BCUT2D eigenvalue weighted by Crippen LogP contribution is -2.48. The number of aryl methyl sites for hydroxylation is 1. The molecule has 2 aliphatic heterocycles. The molecule has 3 heterocycles. The number of anilines is 1. The van der Waals surface area contributed by atoms with Gasteiger partial charge in [0.15, 0.2) is 0 Å². The van der Waals surface area contributed by atoms with Crippen LogP contribution < -0.4 is 14.4 Å². The van der Waals surface area contributed by atoms with Gasteiger partial charge in [-0.25, -0.2) is 4.98 Å². The minimum atomic E-state index is -0.170. The van der Waals surface area contributed by atoms with Gasteiger partial charge >= 0.3 is 0 Å². The Morgan fingerprint density at radius 2 is 1.74 bits per heavy atom. The number of para-hydroxylation sites is 1. The number of nitrogens with zero attached hydrogens (tertiary/aromatic N) is 5. The molecule has 0 saturated carbocycles. The number of carbonyl (C=O) groups is 2. The Hall–Kier alpha value is -4.14. The number of ether oxygens (including phenoxy) is 2. The van der Waals surface area contributed by atoms with E-state index in [2.05, 4.69) is 4.90 Å². The van der Waals surface area contributed by atoms with E-state index in [9.17, 15) is 9.59 Å². The lowest BCUT2D eigenvalue weighted by atomic mass is 10.0. The van der Waals surface area contributed by atoms with Gasteiger partial charge in [-0.1, -0.05) is 42.5 Å². The van der Waals surface area contributed by atoms with Crippen molar-refractivity contribution in [3.8, 4) is 22.9 Å². The minimum Gasteiger partial charge on any atom is -0.496 e. The highest BCUT2D eigenvalue weighted by Crippen LogP contribution is 2.35. The first kappa shape index (κ1) is 25.5. The van der Waals surface area contributed by atoms with E-state index in [0.29, 0.717) is 75.4 Å². The van der Waals surface area contributed by atoms with E-state index < -0.39 is 0 Å². The normalized spacial score (nSPS) is 15.9. The van der Waals surface area contributed by atoms with E-state index >= 15 is 0 Å². The maximum Gasteiger partial charge on any atom is 0.261 e. The van der Waals surface area contributed by atoms with Crippen LogP contribution in [0.4, 0.5) is 5.95 Å². The summed E-state index contributed by atoms with van der Waals surface area (Å²) in [6.45, 7) is 7.40. The fourth-order valence-corrected chi connectivity index (χ4v) is 5.00. The van der Waals surface area contributed by atoms with Crippen LogP contribution in [0.3, 0.4) is 0 Å². The molecule has 1 saturated heterocycles. The third kappa shape index (κ3) is 5.14. The van der Waals surface area contributed by atoms with E-state index in [0.717, 1.165) is 22.4 Å². The summed E-state index contributed by atoms with van der Waals surface area (Å²) in [5.74, 6) is 1.45. The van der Waals surface area contributed by atoms with Gasteiger partial charge in [-0.05, 0) is 25.0 Å². The van der Waals surface area contributed by atoms with Crippen molar-refractivity contribution in [1.29, 1.82) is 0 Å². The van der Waals surface area contributed by atoms with Crippen LogP contribution in [-0.4, -0.2) is 78.0 Å². The van der Waals surface area contributed by atoms with Gasteiger partial charge in [0.1, 0.15) is 11.3 Å². The molecule has 2 amide bonds. The smallest absolute Gasteiger partial charge is 0.261 e. The molecule has 0 unspecified atom stereocenters. The summed E-state index contributed by atoms with van der Waals surface area (Å²) in [4.78, 5) is 41.4. The van der Waals surface area contributed by atoms with E-state index in [-0.39, 0.29) is 11.8 Å². The van der Waals surface area contributed by atoms with Crippen LogP contribution in [0.5, 0.6) is 11.6 Å². The van der Waals surface area contributed by atoms with Crippen LogP contribution in [0.25, 0.3) is 11.3 Å². The van der Waals surface area contributed by atoms with Crippen LogP contribution in [0.15, 0.2) is 48.5 Å². The highest BCUT2D eigenvalue weighted by atomic mass is 16.5. The predicted molar refractivity (Wildman–Crippen MR) is 145 cm³/mol. The number of hydrogen-bond donors (Lipinski definition) is 0. The maximum absolute atomic E-state index is 14.2. The third-order valence-corrected chi connectivity index (χ3v) is 7.14. The number of aromatic nitrogens is 2. The number of rotatable bonds is 5. The zero-order valence-electron chi connectivity index (χ0n) is 22.1. The van der Waals surface area contributed by atoms with Crippen molar-refractivity contribution >= 4 is 17.8 Å². The maximum atomic E-state index is 14.2. The van der Waals surface area contributed by atoms with Crippen molar-refractivity contribution in [3.63, 3.8) is 0 Å². The fourth-order valence-electron chi connectivity index (χ4n) is 5.00. The summed E-state index contributed by atoms with van der Waals surface area (Å²) in [6.07, 6.45) is 0.677. The van der Waals surface area contributed by atoms with Crippen molar-refractivity contribution < 1.29 is 19.1 Å². The monoisotopic (exact) mass is 515 g/mol. The SMILES string of the molecule is COc1ccccc1CN1CCCOc2nc(N3CCN(C(C)=O)CC3)nc(-c3ccccc3C)c2C1=O. The Labute approximate surface area is 223 Å². The van der Waals surface area contributed by atoms with Crippen molar-refractivity contribution in [3.05, 3.63) is 65.2 Å². The van der Waals surface area contributed by atoms with Gasteiger partial charge in [0.25, 0.3) is 5.91 Å². The summed E-state index contributed by atoms with van der Waals surface area (Å²) in [6, 6.07) is 15.7. The van der Waals surface area contributed by atoms with Gasteiger partial charge in [0.2, 0.25) is 17.7 Å². The molecule has 2 aliphatic rings. The average Bonchev–Trinajstić information content (AvgIpc) is 2.93. The number of benzene rings is 2. The largest absolute Gasteiger partial charge is 0.496 e. The van der Waals surface area contributed by atoms with Crippen molar-refractivity contribution in [2.45, 2.75) is 26.8 Å². The Bertz CT molecular complexity index is 1340. The predicted octanol–water partition coefficient (Wildman–Crippen LogP) is 3.55. The van der Waals surface area contributed by atoms with Crippen LogP contribution in [0.2, 0.25) is 0 Å². The molecule has 5 rings (SSSR count). The van der Waals surface area contributed by atoms with Crippen molar-refractivity contribution in [2.24, 2.45) is 0 Å². The van der Waals surface area contributed by atoms with Gasteiger partial charge in [-0.2, -0.15) is 4.98 Å². The van der Waals surface area contributed by atoms with E-state index in [1.807, 2.05) is 65.3 Å². The zero-order chi connectivity index (χ0) is 26.6. The lowest BCUT2D eigenvalue weighted by Gasteiger charge is -2.35. The number of hydrogen-bond acceptors (Lipinski definition) is 7. The summed E-state index contributed by atoms with van der Waals surface area (Å²) < 4.78 is 11.7. The van der Waals surface area contributed by atoms with E-state index in [4.69, 9.17) is 19.4 Å². The second-order valence-corrected chi connectivity index (χ2v) is 9.60. The molecule has 3 aromatic rings. The highest BCUT2D eigenvalue weighted by Gasteiger charge is 2.31. The highest BCUT2D eigenvalue weighted by molar-refractivity contribution is 6.02. The van der Waals surface area contributed by atoms with Gasteiger partial charge < -0.3 is 24.2 Å². The molecular weight excluding hydrogens is 482 g/mol. The summed E-state index contributed by atoms with van der Waals surface area (Å²) >= 11 is 0. The van der Waals surface area contributed by atoms with Crippen molar-refractivity contribution in [1.82, 2.24) is 19.8 Å². The number of methoxy groups -OCH3 is 1. The third-order valence-electron chi connectivity index (χ3n) is 7.14. The molecule has 0 spiro atoms. The first-order chi connectivity index (χ1) is 18.5. The molecular formula is C29H33N5O4. The van der Waals surface area contributed by atoms with Crippen LogP contribution in [-0.2, 0) is 11.3 Å².